The van der Waals surface area contributed by atoms with Gasteiger partial charge in [-0.2, -0.15) is 13.2 Å². The Bertz CT molecular complexity index is 550. The second-order valence-corrected chi connectivity index (χ2v) is 4.84. The van der Waals surface area contributed by atoms with Crippen LogP contribution in [0.25, 0.3) is 0 Å². The molecule has 0 radical (unpaired) electrons. The van der Waals surface area contributed by atoms with E-state index >= 15 is 0 Å². The van der Waals surface area contributed by atoms with Gasteiger partial charge in [-0.15, -0.1) is 0 Å². The highest BCUT2D eigenvalue weighted by molar-refractivity contribution is 5.92. The molecule has 9 heteroatoms. The van der Waals surface area contributed by atoms with Crippen molar-refractivity contribution in [2.75, 3.05) is 39.1 Å². The molecule has 23 heavy (non-hydrogen) atoms. The average Bonchev–Trinajstić information content (AvgIpc) is 2.44. The minimum atomic E-state index is -4.46. The van der Waals surface area contributed by atoms with Crippen molar-refractivity contribution in [3.8, 4) is 5.75 Å². The first-order valence-corrected chi connectivity index (χ1v) is 6.65. The van der Waals surface area contributed by atoms with Crippen molar-refractivity contribution >= 4 is 17.5 Å². The summed E-state index contributed by atoms with van der Waals surface area (Å²) in [7, 11) is 2.95. The molecule has 0 heterocycles. The first kappa shape index (κ1) is 18.8. The van der Waals surface area contributed by atoms with Crippen LogP contribution in [0.3, 0.4) is 0 Å². The zero-order valence-electron chi connectivity index (χ0n) is 12.7. The van der Waals surface area contributed by atoms with Gasteiger partial charge in [0.2, 0.25) is 11.8 Å². The van der Waals surface area contributed by atoms with Crippen LogP contribution in [-0.2, 0) is 9.59 Å². The number of nitrogens with zero attached hydrogens (tertiary/aromatic N) is 1. The van der Waals surface area contributed by atoms with Crippen molar-refractivity contribution in [3.63, 3.8) is 0 Å². The number of nitrogens with one attached hydrogen (secondary N) is 2. The number of alkyl halides is 3. The molecule has 0 fully saturated rings. The van der Waals surface area contributed by atoms with Crippen LogP contribution in [0.1, 0.15) is 0 Å². The lowest BCUT2D eigenvalue weighted by atomic mass is 10.3. The van der Waals surface area contributed by atoms with Crippen molar-refractivity contribution in [2.45, 2.75) is 6.18 Å². The number of carbonyl (C=O) groups excluding carboxylic acids is 2. The van der Waals surface area contributed by atoms with E-state index in [1.807, 2.05) is 0 Å². The molecule has 0 saturated heterocycles. The Morgan fingerprint density at radius 3 is 2.48 bits per heavy atom. The number of halogens is 3. The van der Waals surface area contributed by atoms with Gasteiger partial charge in [-0.25, -0.2) is 0 Å². The number of methoxy groups -OCH3 is 1. The minimum absolute atomic E-state index is 0.142. The molecule has 0 spiro atoms. The summed E-state index contributed by atoms with van der Waals surface area (Å²) in [6.45, 7) is -1.85. The molecule has 128 valence electrons. The minimum Gasteiger partial charge on any atom is -0.497 e. The van der Waals surface area contributed by atoms with Crippen LogP contribution in [0, 0.1) is 0 Å². The Labute approximate surface area is 131 Å². The SMILES string of the molecule is COc1cccc(NC(=O)CN(C)CC(=O)NCC(F)(F)F)c1. The molecule has 0 aliphatic rings. The molecule has 0 aliphatic carbocycles. The third kappa shape index (κ3) is 8.05. The Balaban J connectivity index is 2.39. The monoisotopic (exact) mass is 333 g/mol. The van der Waals surface area contributed by atoms with Crippen molar-refractivity contribution in [1.82, 2.24) is 10.2 Å². The standard InChI is InChI=1S/C14H18F3N3O3/c1-20(7-12(21)18-9-14(15,16)17)8-13(22)19-10-4-3-5-11(6-10)23-2/h3-6H,7-9H2,1-2H3,(H,18,21)(H,19,22). The van der Waals surface area contributed by atoms with Crippen molar-refractivity contribution in [3.05, 3.63) is 24.3 Å². The van der Waals surface area contributed by atoms with Gasteiger partial charge in [0.1, 0.15) is 12.3 Å². The summed E-state index contributed by atoms with van der Waals surface area (Å²) < 4.78 is 40.9. The van der Waals surface area contributed by atoms with E-state index in [1.165, 1.54) is 19.1 Å². The Hall–Kier alpha value is -2.29. The summed E-state index contributed by atoms with van der Waals surface area (Å²) in [4.78, 5) is 24.4. The lowest BCUT2D eigenvalue weighted by Gasteiger charge is -2.16. The van der Waals surface area contributed by atoms with Gasteiger partial charge in [0, 0.05) is 11.8 Å². The molecule has 0 unspecified atom stereocenters. The van der Waals surface area contributed by atoms with Crippen LogP contribution in [0.5, 0.6) is 5.75 Å². The van der Waals surface area contributed by atoms with Gasteiger partial charge < -0.3 is 15.4 Å². The highest BCUT2D eigenvalue weighted by Gasteiger charge is 2.27. The predicted octanol–water partition coefficient (Wildman–Crippen LogP) is 1.24. The van der Waals surface area contributed by atoms with E-state index < -0.39 is 24.5 Å². The smallest absolute Gasteiger partial charge is 0.405 e. The molecule has 1 aromatic rings. The van der Waals surface area contributed by atoms with E-state index in [1.54, 1.807) is 29.6 Å². The maximum absolute atomic E-state index is 12.0. The summed E-state index contributed by atoms with van der Waals surface area (Å²) in [6, 6.07) is 6.69. The summed E-state index contributed by atoms with van der Waals surface area (Å²) >= 11 is 0. The lowest BCUT2D eigenvalue weighted by molar-refractivity contribution is -0.139. The number of benzene rings is 1. The van der Waals surface area contributed by atoms with E-state index in [-0.39, 0.29) is 13.1 Å². The number of ether oxygens (including phenoxy) is 1. The molecule has 0 aliphatic heterocycles. The zero-order valence-corrected chi connectivity index (χ0v) is 12.7. The molecule has 0 saturated carbocycles. The number of anilines is 1. The number of hydrogen-bond donors (Lipinski definition) is 2. The maximum atomic E-state index is 12.0. The fourth-order valence-corrected chi connectivity index (χ4v) is 1.70. The van der Waals surface area contributed by atoms with E-state index in [4.69, 9.17) is 4.74 Å². The zero-order chi connectivity index (χ0) is 17.5. The van der Waals surface area contributed by atoms with Crippen LogP contribution in [0.4, 0.5) is 18.9 Å². The second kappa shape index (κ2) is 8.37. The van der Waals surface area contributed by atoms with Crippen LogP contribution in [0.2, 0.25) is 0 Å². The Kier molecular flexibility index (Phi) is 6.83. The molecule has 0 atom stereocenters. The fourth-order valence-electron chi connectivity index (χ4n) is 1.70. The highest BCUT2D eigenvalue weighted by Crippen LogP contribution is 2.16. The number of rotatable bonds is 7. The van der Waals surface area contributed by atoms with E-state index in [9.17, 15) is 22.8 Å². The van der Waals surface area contributed by atoms with Crippen LogP contribution in [0.15, 0.2) is 24.3 Å². The average molecular weight is 333 g/mol. The van der Waals surface area contributed by atoms with Crippen LogP contribution in [-0.4, -0.2) is 56.7 Å². The number of carbonyl (C=O) groups is 2. The number of amides is 2. The van der Waals surface area contributed by atoms with Gasteiger partial charge in [-0.1, -0.05) is 6.07 Å². The molecule has 1 aromatic carbocycles. The molecular formula is C14H18F3N3O3. The first-order valence-electron chi connectivity index (χ1n) is 6.65. The molecule has 0 aromatic heterocycles. The topological polar surface area (TPSA) is 70.7 Å². The van der Waals surface area contributed by atoms with Crippen molar-refractivity contribution in [1.29, 1.82) is 0 Å². The van der Waals surface area contributed by atoms with E-state index in [0.717, 1.165) is 0 Å². The molecular weight excluding hydrogens is 315 g/mol. The largest absolute Gasteiger partial charge is 0.497 e. The summed E-state index contributed by atoms with van der Waals surface area (Å²) in [5, 5.41) is 4.34. The van der Waals surface area contributed by atoms with Gasteiger partial charge in [-0.3, -0.25) is 14.5 Å². The first-order chi connectivity index (χ1) is 10.7. The maximum Gasteiger partial charge on any atom is 0.405 e. The molecule has 1 rings (SSSR count). The van der Waals surface area contributed by atoms with E-state index in [2.05, 4.69) is 5.32 Å². The van der Waals surface area contributed by atoms with Crippen LogP contribution < -0.4 is 15.4 Å². The molecule has 6 nitrogen and oxygen atoms in total. The third-order valence-corrected chi connectivity index (χ3v) is 2.67. The summed E-state index contributed by atoms with van der Waals surface area (Å²) in [6.07, 6.45) is -4.46. The fraction of sp³-hybridized carbons (Fsp3) is 0.429. The lowest BCUT2D eigenvalue weighted by Crippen LogP contribution is -2.41. The van der Waals surface area contributed by atoms with Crippen molar-refractivity contribution < 1.29 is 27.5 Å². The van der Waals surface area contributed by atoms with Gasteiger partial charge in [0.05, 0.1) is 20.2 Å². The molecule has 0 bridgehead atoms. The normalized spacial score (nSPS) is 11.2. The highest BCUT2D eigenvalue weighted by atomic mass is 19.4. The third-order valence-electron chi connectivity index (χ3n) is 2.67. The Morgan fingerprint density at radius 1 is 1.22 bits per heavy atom. The van der Waals surface area contributed by atoms with Gasteiger partial charge >= 0.3 is 6.18 Å². The summed E-state index contributed by atoms with van der Waals surface area (Å²) in [5.74, 6) is -0.633. The summed E-state index contributed by atoms with van der Waals surface area (Å²) in [5.41, 5.74) is 0.518. The van der Waals surface area contributed by atoms with E-state index in [0.29, 0.717) is 11.4 Å². The molecule has 2 N–H and O–H groups in total. The number of hydrogen-bond acceptors (Lipinski definition) is 4. The van der Waals surface area contributed by atoms with Gasteiger partial charge in [-0.05, 0) is 19.2 Å². The van der Waals surface area contributed by atoms with Gasteiger partial charge in [0.25, 0.3) is 0 Å². The predicted molar refractivity (Wildman–Crippen MR) is 78.2 cm³/mol. The van der Waals surface area contributed by atoms with Gasteiger partial charge in [0.15, 0.2) is 0 Å². The van der Waals surface area contributed by atoms with Crippen LogP contribution >= 0.6 is 0 Å². The Morgan fingerprint density at radius 2 is 1.87 bits per heavy atom. The molecule has 2 amide bonds. The number of likely N-dealkylation sites (N-methyl/N-ethyl adjacent to an activating group) is 1. The quantitative estimate of drug-likeness (QED) is 0.788. The van der Waals surface area contributed by atoms with Crippen molar-refractivity contribution in [2.24, 2.45) is 0 Å². The second-order valence-electron chi connectivity index (χ2n) is 4.84.